The number of aliphatic hydroxyl groups is 2. The Morgan fingerprint density at radius 1 is 0.553 bits per heavy atom. The standard InChI is InChI=1S/C20H38O2.C4H6O4.2C3H8O/c1-3-5-6-7-8-9-10-11-12-13-14-15-16-17-18-19-20(21)22-4-2;5-3(6)1-2-4(7)8;2*1-2-3-4/h11-12H,3-10,13-19H2,1-2H3;1-2H2,(H,5,6)(H,7,8);2*4H,2-3H2,1H3/b12-11-;;;. The van der Waals surface area contributed by atoms with Crippen molar-refractivity contribution in [2.45, 2.75) is 143 Å². The van der Waals surface area contributed by atoms with Gasteiger partial charge in [-0.2, -0.15) is 0 Å². The monoisotopic (exact) mass is 548 g/mol. The molecule has 0 saturated carbocycles. The molecule has 0 aliphatic carbocycles. The van der Waals surface area contributed by atoms with Crippen molar-refractivity contribution in [2.75, 3.05) is 19.8 Å². The Kier molecular flexibility index (Phi) is 47.9. The maximum absolute atomic E-state index is 11.1. The molecule has 0 aliphatic heterocycles. The van der Waals surface area contributed by atoms with E-state index >= 15 is 0 Å². The molecular weight excluding hydrogens is 488 g/mol. The molecule has 0 bridgehead atoms. The highest BCUT2D eigenvalue weighted by atomic mass is 16.5. The summed E-state index contributed by atoms with van der Waals surface area (Å²) in [4.78, 5) is 30.4. The lowest BCUT2D eigenvalue weighted by molar-refractivity contribution is -0.143. The molecule has 0 rings (SSSR count). The number of hydrogen-bond donors (Lipinski definition) is 4. The summed E-state index contributed by atoms with van der Waals surface area (Å²) in [7, 11) is 0. The highest BCUT2D eigenvalue weighted by Crippen LogP contribution is 2.10. The Labute approximate surface area is 232 Å². The Bertz CT molecular complexity index is 484. The van der Waals surface area contributed by atoms with Gasteiger partial charge in [0.05, 0.1) is 19.4 Å². The average Bonchev–Trinajstić information content (AvgIpc) is 2.90. The van der Waals surface area contributed by atoms with Gasteiger partial charge in [0.2, 0.25) is 0 Å². The quantitative estimate of drug-likeness (QED) is 0.0665. The minimum Gasteiger partial charge on any atom is -0.481 e. The van der Waals surface area contributed by atoms with Crippen molar-refractivity contribution < 1.29 is 39.5 Å². The van der Waals surface area contributed by atoms with E-state index in [4.69, 9.17) is 25.2 Å². The fourth-order valence-corrected chi connectivity index (χ4v) is 2.79. The molecule has 0 heterocycles. The molecule has 0 atom stereocenters. The molecule has 0 fully saturated rings. The van der Waals surface area contributed by atoms with Gasteiger partial charge in [-0.3, -0.25) is 14.4 Å². The fourth-order valence-electron chi connectivity index (χ4n) is 2.79. The second-order valence-corrected chi connectivity index (χ2v) is 8.87. The van der Waals surface area contributed by atoms with Crippen LogP contribution in [0.15, 0.2) is 12.2 Å². The van der Waals surface area contributed by atoms with E-state index in [9.17, 15) is 14.4 Å². The molecule has 0 unspecified atom stereocenters. The van der Waals surface area contributed by atoms with E-state index in [-0.39, 0.29) is 18.8 Å². The molecule has 0 radical (unpaired) electrons. The summed E-state index contributed by atoms with van der Waals surface area (Å²) in [6.45, 7) is 9.13. The van der Waals surface area contributed by atoms with Crippen molar-refractivity contribution in [3.63, 3.8) is 0 Å². The summed E-state index contributed by atoms with van der Waals surface area (Å²) in [5, 5.41) is 31.5. The molecule has 0 aliphatic rings. The number of hydrogen-bond acceptors (Lipinski definition) is 6. The third-order valence-corrected chi connectivity index (χ3v) is 4.95. The van der Waals surface area contributed by atoms with Crippen LogP contribution in [0.2, 0.25) is 0 Å². The van der Waals surface area contributed by atoms with Crippen LogP contribution in [0, 0.1) is 0 Å². The first kappa shape index (κ1) is 43.1. The lowest BCUT2D eigenvalue weighted by Gasteiger charge is -2.01. The van der Waals surface area contributed by atoms with Crippen LogP contribution in [0.4, 0.5) is 0 Å². The van der Waals surface area contributed by atoms with E-state index in [0.29, 0.717) is 26.2 Å². The summed E-state index contributed by atoms with van der Waals surface area (Å²) in [5.41, 5.74) is 0. The van der Waals surface area contributed by atoms with Crippen molar-refractivity contribution in [1.29, 1.82) is 0 Å². The average molecular weight is 549 g/mol. The lowest BCUT2D eigenvalue weighted by Crippen LogP contribution is -2.03. The maximum Gasteiger partial charge on any atom is 0.305 e. The molecule has 228 valence electrons. The zero-order chi connectivity index (χ0) is 29.7. The number of aliphatic carboxylic acids is 2. The lowest BCUT2D eigenvalue weighted by atomic mass is 10.1. The Hall–Kier alpha value is -1.93. The number of carbonyl (C=O) groups excluding carboxylic acids is 1. The van der Waals surface area contributed by atoms with E-state index in [1.54, 1.807) is 0 Å². The first-order valence-corrected chi connectivity index (χ1v) is 14.7. The summed E-state index contributed by atoms with van der Waals surface area (Å²) in [6.07, 6.45) is 23.2. The third kappa shape index (κ3) is 59.3. The minimum atomic E-state index is -1.08. The predicted octanol–water partition coefficient (Wildman–Crippen LogP) is 7.30. The number of aliphatic hydroxyl groups excluding tert-OH is 2. The third-order valence-electron chi connectivity index (χ3n) is 4.95. The predicted molar refractivity (Wildman–Crippen MR) is 155 cm³/mol. The largest absolute Gasteiger partial charge is 0.481 e. The number of carboxylic acids is 2. The second kappa shape index (κ2) is 42.2. The number of ether oxygens (including phenoxy) is 1. The van der Waals surface area contributed by atoms with Crippen molar-refractivity contribution in [3.8, 4) is 0 Å². The molecular formula is C30H60O8. The normalized spacial score (nSPS) is 9.84. The van der Waals surface area contributed by atoms with Gasteiger partial charge in [-0.1, -0.05) is 84.3 Å². The van der Waals surface area contributed by atoms with Crippen molar-refractivity contribution in [3.05, 3.63) is 12.2 Å². The van der Waals surface area contributed by atoms with E-state index in [0.717, 1.165) is 25.7 Å². The van der Waals surface area contributed by atoms with E-state index in [1.165, 1.54) is 70.6 Å². The Balaban J connectivity index is -0.000000293. The van der Waals surface area contributed by atoms with Crippen LogP contribution in [-0.4, -0.2) is 58.2 Å². The summed E-state index contributed by atoms with van der Waals surface area (Å²) < 4.78 is 4.91. The number of carboxylic acid groups (broad SMARTS) is 2. The maximum atomic E-state index is 11.1. The van der Waals surface area contributed by atoms with Crippen LogP contribution < -0.4 is 0 Å². The summed E-state index contributed by atoms with van der Waals surface area (Å²) in [5.74, 6) is -2.19. The zero-order valence-electron chi connectivity index (χ0n) is 24.9. The molecule has 0 aromatic heterocycles. The van der Waals surface area contributed by atoms with Gasteiger partial charge in [0.15, 0.2) is 0 Å². The molecule has 0 saturated heterocycles. The van der Waals surface area contributed by atoms with Crippen LogP contribution >= 0.6 is 0 Å². The number of carbonyl (C=O) groups is 3. The first-order chi connectivity index (χ1) is 18.3. The van der Waals surface area contributed by atoms with Crippen LogP contribution in [0.3, 0.4) is 0 Å². The van der Waals surface area contributed by atoms with Gasteiger partial charge in [-0.05, 0) is 51.9 Å². The molecule has 8 nitrogen and oxygen atoms in total. The molecule has 8 heteroatoms. The Morgan fingerprint density at radius 2 is 0.921 bits per heavy atom. The second-order valence-electron chi connectivity index (χ2n) is 8.87. The van der Waals surface area contributed by atoms with Gasteiger partial charge in [-0.15, -0.1) is 0 Å². The Morgan fingerprint density at radius 3 is 1.26 bits per heavy atom. The van der Waals surface area contributed by atoms with E-state index in [2.05, 4.69) is 19.1 Å². The fraction of sp³-hybridized carbons (Fsp3) is 0.833. The van der Waals surface area contributed by atoms with Gasteiger partial charge >= 0.3 is 17.9 Å². The number of rotatable bonds is 21. The van der Waals surface area contributed by atoms with Gasteiger partial charge in [0.1, 0.15) is 0 Å². The van der Waals surface area contributed by atoms with Crippen molar-refractivity contribution >= 4 is 17.9 Å². The topological polar surface area (TPSA) is 141 Å². The van der Waals surface area contributed by atoms with Gasteiger partial charge in [-0.25, -0.2) is 0 Å². The zero-order valence-corrected chi connectivity index (χ0v) is 24.9. The highest BCUT2D eigenvalue weighted by Gasteiger charge is 2.01. The van der Waals surface area contributed by atoms with E-state index in [1.807, 2.05) is 20.8 Å². The molecule has 38 heavy (non-hydrogen) atoms. The minimum absolute atomic E-state index is 0.0415. The van der Waals surface area contributed by atoms with Crippen molar-refractivity contribution in [2.24, 2.45) is 0 Å². The van der Waals surface area contributed by atoms with Gasteiger partial charge in [0, 0.05) is 19.6 Å². The van der Waals surface area contributed by atoms with Gasteiger partial charge < -0.3 is 25.2 Å². The molecule has 0 aromatic carbocycles. The number of allylic oxidation sites excluding steroid dienone is 2. The van der Waals surface area contributed by atoms with Gasteiger partial charge in [0.25, 0.3) is 0 Å². The number of unbranched alkanes of at least 4 members (excludes halogenated alkanes) is 11. The van der Waals surface area contributed by atoms with Crippen LogP contribution in [0.1, 0.15) is 143 Å². The SMILES string of the molecule is CCCCCCCC/C=C\CCCCCCCC(=O)OCC.CCCO.CCCO.O=C(O)CCC(=O)O. The molecule has 4 N–H and O–H groups in total. The highest BCUT2D eigenvalue weighted by molar-refractivity contribution is 5.75. The summed E-state index contributed by atoms with van der Waals surface area (Å²) >= 11 is 0. The number of esters is 1. The van der Waals surface area contributed by atoms with Crippen LogP contribution in [0.25, 0.3) is 0 Å². The van der Waals surface area contributed by atoms with E-state index < -0.39 is 11.9 Å². The molecule has 0 aromatic rings. The first-order valence-electron chi connectivity index (χ1n) is 14.7. The van der Waals surface area contributed by atoms with Crippen LogP contribution in [0.5, 0.6) is 0 Å². The molecule has 0 amide bonds. The summed E-state index contributed by atoms with van der Waals surface area (Å²) in [6, 6.07) is 0. The smallest absolute Gasteiger partial charge is 0.305 e. The van der Waals surface area contributed by atoms with Crippen molar-refractivity contribution in [1.82, 2.24) is 0 Å². The van der Waals surface area contributed by atoms with Crippen LogP contribution in [-0.2, 0) is 19.1 Å². The molecule has 0 spiro atoms.